The van der Waals surface area contributed by atoms with Crippen LogP contribution in [0.25, 0.3) is 21.5 Å². The molecule has 0 bridgehead atoms. The molecule has 0 unspecified atom stereocenters. The monoisotopic (exact) mass is 367 g/mol. The van der Waals surface area contributed by atoms with Crippen molar-refractivity contribution in [1.82, 2.24) is 15.3 Å². The van der Waals surface area contributed by atoms with Crippen LogP contribution in [-0.2, 0) is 6.18 Å². The van der Waals surface area contributed by atoms with Gasteiger partial charge in [0.2, 0.25) is 5.95 Å². The Morgan fingerprint density at radius 2 is 1.96 bits per heavy atom. The summed E-state index contributed by atoms with van der Waals surface area (Å²) in [4.78, 5) is 20.5. The van der Waals surface area contributed by atoms with Crippen LogP contribution < -0.4 is 16.8 Å². The summed E-state index contributed by atoms with van der Waals surface area (Å²) in [6, 6.07) is 4.65. The minimum absolute atomic E-state index is 0.103. The van der Waals surface area contributed by atoms with Crippen molar-refractivity contribution < 1.29 is 18.0 Å². The van der Waals surface area contributed by atoms with Gasteiger partial charge in [-0.05, 0) is 12.1 Å². The predicted molar refractivity (Wildman–Crippen MR) is 90.1 cm³/mol. The second-order valence-electron chi connectivity index (χ2n) is 5.11. The van der Waals surface area contributed by atoms with E-state index in [0.717, 1.165) is 23.5 Å². The van der Waals surface area contributed by atoms with Crippen molar-refractivity contribution in [2.45, 2.75) is 6.18 Å². The summed E-state index contributed by atoms with van der Waals surface area (Å²) in [7, 11) is 1.44. The van der Waals surface area contributed by atoms with Crippen LogP contribution in [-0.4, -0.2) is 22.9 Å². The molecule has 0 saturated carbocycles. The van der Waals surface area contributed by atoms with Gasteiger partial charge in [-0.3, -0.25) is 4.79 Å². The van der Waals surface area contributed by atoms with E-state index in [-0.39, 0.29) is 27.8 Å². The number of carbonyl (C=O) groups is 1. The van der Waals surface area contributed by atoms with E-state index in [1.807, 2.05) is 0 Å². The lowest BCUT2D eigenvalue weighted by Crippen LogP contribution is -2.17. The molecule has 25 heavy (non-hydrogen) atoms. The minimum Gasteiger partial charge on any atom is -0.397 e. The number of nitrogens with two attached hydrogens (primary N) is 2. The number of aromatic nitrogens is 2. The summed E-state index contributed by atoms with van der Waals surface area (Å²) >= 11 is 0.999. The number of thiophene rings is 1. The first-order valence-corrected chi connectivity index (χ1v) is 7.79. The number of fused-ring (bicyclic) bond motifs is 1. The van der Waals surface area contributed by atoms with Crippen LogP contribution in [0.3, 0.4) is 0 Å². The van der Waals surface area contributed by atoms with Gasteiger partial charge in [-0.25, -0.2) is 9.97 Å². The maximum absolute atomic E-state index is 13.0. The summed E-state index contributed by atoms with van der Waals surface area (Å²) in [5, 5.41) is 2.75. The molecule has 130 valence electrons. The fraction of sp³-hybridized carbons (Fsp3) is 0.133. The van der Waals surface area contributed by atoms with E-state index in [2.05, 4.69) is 15.3 Å². The molecule has 6 nitrogen and oxygen atoms in total. The molecule has 2 heterocycles. The predicted octanol–water partition coefficient (Wildman–Crippen LogP) is 2.90. The van der Waals surface area contributed by atoms with Crippen molar-refractivity contribution in [3.63, 3.8) is 0 Å². The normalized spacial score (nSPS) is 11.7. The number of hydrogen-bond donors (Lipinski definition) is 3. The van der Waals surface area contributed by atoms with E-state index in [4.69, 9.17) is 11.5 Å². The first-order valence-electron chi connectivity index (χ1n) is 6.97. The third-order valence-electron chi connectivity index (χ3n) is 3.50. The van der Waals surface area contributed by atoms with E-state index in [1.54, 1.807) is 0 Å². The molecule has 1 aromatic carbocycles. The minimum atomic E-state index is -4.50. The SMILES string of the molecule is CNC(=O)c1sc2nc(N)nc(-c3cccc(C(F)(F)F)c3)c2c1N. The van der Waals surface area contributed by atoms with Gasteiger partial charge in [0.25, 0.3) is 5.91 Å². The summed E-state index contributed by atoms with van der Waals surface area (Å²) in [5.41, 5.74) is 11.3. The third-order valence-corrected chi connectivity index (χ3v) is 4.60. The molecule has 5 N–H and O–H groups in total. The molecule has 10 heteroatoms. The molecule has 0 radical (unpaired) electrons. The second-order valence-corrected chi connectivity index (χ2v) is 6.11. The van der Waals surface area contributed by atoms with Crippen molar-refractivity contribution in [3.05, 3.63) is 34.7 Å². The molecule has 3 aromatic rings. The molecule has 2 aromatic heterocycles. The van der Waals surface area contributed by atoms with Crippen LogP contribution in [0.4, 0.5) is 24.8 Å². The highest BCUT2D eigenvalue weighted by atomic mass is 32.1. The number of benzene rings is 1. The molecule has 0 aliphatic rings. The van der Waals surface area contributed by atoms with E-state index in [9.17, 15) is 18.0 Å². The molecule has 0 aliphatic carbocycles. The quantitative estimate of drug-likeness (QED) is 0.646. The van der Waals surface area contributed by atoms with Gasteiger partial charge in [-0.2, -0.15) is 13.2 Å². The van der Waals surface area contributed by atoms with E-state index in [0.29, 0.717) is 10.2 Å². The molecular weight excluding hydrogens is 355 g/mol. The van der Waals surface area contributed by atoms with Crippen molar-refractivity contribution >= 4 is 39.1 Å². The average Bonchev–Trinajstić information content (AvgIpc) is 2.89. The molecule has 0 saturated heterocycles. The van der Waals surface area contributed by atoms with Gasteiger partial charge in [-0.15, -0.1) is 11.3 Å². The van der Waals surface area contributed by atoms with Crippen molar-refractivity contribution in [3.8, 4) is 11.3 Å². The van der Waals surface area contributed by atoms with Gasteiger partial charge in [0.1, 0.15) is 9.71 Å². The average molecular weight is 367 g/mol. The van der Waals surface area contributed by atoms with Gasteiger partial charge in [-0.1, -0.05) is 12.1 Å². The Labute approximate surface area is 143 Å². The number of nitrogens with zero attached hydrogens (tertiary/aromatic N) is 2. The molecule has 0 spiro atoms. The van der Waals surface area contributed by atoms with Crippen molar-refractivity contribution in [2.24, 2.45) is 0 Å². The lowest BCUT2D eigenvalue weighted by Gasteiger charge is -2.10. The fourth-order valence-corrected chi connectivity index (χ4v) is 3.42. The zero-order valence-electron chi connectivity index (χ0n) is 12.8. The molecular formula is C15H12F3N5OS. The number of nitrogens with one attached hydrogen (secondary N) is 1. The van der Waals surface area contributed by atoms with Crippen LogP contribution in [0, 0.1) is 0 Å². The number of amides is 1. The number of nitrogen functional groups attached to an aromatic ring is 2. The van der Waals surface area contributed by atoms with Crippen LogP contribution in [0.15, 0.2) is 24.3 Å². The lowest BCUT2D eigenvalue weighted by molar-refractivity contribution is -0.137. The third kappa shape index (κ3) is 2.95. The highest BCUT2D eigenvalue weighted by Crippen LogP contribution is 2.40. The number of carbonyl (C=O) groups excluding carboxylic acids is 1. The fourth-order valence-electron chi connectivity index (χ4n) is 2.37. The maximum atomic E-state index is 13.0. The second kappa shape index (κ2) is 5.88. The Morgan fingerprint density at radius 3 is 2.60 bits per heavy atom. The zero-order chi connectivity index (χ0) is 18.4. The number of hydrogen-bond acceptors (Lipinski definition) is 6. The smallest absolute Gasteiger partial charge is 0.397 e. The van der Waals surface area contributed by atoms with Gasteiger partial charge in [0.05, 0.1) is 22.3 Å². The Balaban J connectivity index is 2.30. The van der Waals surface area contributed by atoms with Gasteiger partial charge >= 0.3 is 6.18 Å². The number of halogens is 3. The van der Waals surface area contributed by atoms with Gasteiger partial charge < -0.3 is 16.8 Å². The van der Waals surface area contributed by atoms with Gasteiger partial charge in [0, 0.05) is 12.6 Å². The molecule has 3 rings (SSSR count). The molecule has 1 amide bonds. The summed E-state index contributed by atoms with van der Waals surface area (Å²) in [5.74, 6) is -0.543. The standard InChI is InChI=1S/C15H12F3N5OS/c1-21-12(24)11-9(19)8-10(22-14(20)23-13(8)25-11)6-3-2-4-7(5-6)15(16,17)18/h2-5H,19H2,1H3,(H,21,24)(H2,20,22,23). The van der Waals surface area contributed by atoms with Crippen LogP contribution in [0.1, 0.15) is 15.2 Å². The highest BCUT2D eigenvalue weighted by Gasteiger charge is 2.31. The van der Waals surface area contributed by atoms with Crippen molar-refractivity contribution in [1.29, 1.82) is 0 Å². The van der Waals surface area contributed by atoms with E-state index < -0.39 is 17.6 Å². The number of rotatable bonds is 2. The molecule has 0 aliphatic heterocycles. The number of alkyl halides is 3. The van der Waals surface area contributed by atoms with Crippen LogP contribution >= 0.6 is 11.3 Å². The lowest BCUT2D eigenvalue weighted by atomic mass is 10.0. The van der Waals surface area contributed by atoms with Gasteiger partial charge in [0.15, 0.2) is 0 Å². The molecule has 0 fully saturated rings. The Morgan fingerprint density at radius 1 is 1.24 bits per heavy atom. The maximum Gasteiger partial charge on any atom is 0.416 e. The highest BCUT2D eigenvalue weighted by molar-refractivity contribution is 7.21. The summed E-state index contributed by atoms with van der Waals surface area (Å²) in [6.45, 7) is 0. The topological polar surface area (TPSA) is 107 Å². The zero-order valence-corrected chi connectivity index (χ0v) is 13.6. The summed E-state index contributed by atoms with van der Waals surface area (Å²) < 4.78 is 38.9. The Hall–Kier alpha value is -2.88. The first kappa shape index (κ1) is 17.0. The first-order chi connectivity index (χ1) is 11.7. The van der Waals surface area contributed by atoms with E-state index in [1.165, 1.54) is 19.2 Å². The van der Waals surface area contributed by atoms with Crippen molar-refractivity contribution in [2.75, 3.05) is 18.5 Å². The Bertz CT molecular complexity index is 983. The number of anilines is 2. The summed E-state index contributed by atoms with van der Waals surface area (Å²) in [6.07, 6.45) is -4.50. The largest absolute Gasteiger partial charge is 0.416 e. The Kier molecular flexibility index (Phi) is 3.99. The van der Waals surface area contributed by atoms with Crippen LogP contribution in [0.5, 0.6) is 0 Å². The van der Waals surface area contributed by atoms with E-state index >= 15 is 0 Å². The molecule has 0 atom stereocenters. The van der Waals surface area contributed by atoms with Crippen LogP contribution in [0.2, 0.25) is 0 Å².